The summed E-state index contributed by atoms with van der Waals surface area (Å²) in [6.45, 7) is 7.85. The van der Waals surface area contributed by atoms with Gasteiger partial charge in [-0.3, -0.25) is 0 Å². The van der Waals surface area contributed by atoms with Gasteiger partial charge in [-0.15, -0.1) is 0 Å². The summed E-state index contributed by atoms with van der Waals surface area (Å²) >= 11 is 0. The van der Waals surface area contributed by atoms with Crippen molar-refractivity contribution < 1.29 is 14.2 Å². The van der Waals surface area contributed by atoms with Crippen molar-refractivity contribution >= 4 is 0 Å². The molecule has 0 aliphatic carbocycles. The Morgan fingerprint density at radius 2 is 2.19 bits per heavy atom. The maximum Gasteiger partial charge on any atom is 0.0809 e. The molecule has 3 nitrogen and oxygen atoms in total. The van der Waals surface area contributed by atoms with Gasteiger partial charge < -0.3 is 14.2 Å². The molecule has 2 rings (SSSR count). The smallest absolute Gasteiger partial charge is 0.0809 e. The highest BCUT2D eigenvalue weighted by Crippen LogP contribution is 2.38. The van der Waals surface area contributed by atoms with Gasteiger partial charge in [0.05, 0.1) is 32.0 Å². The highest BCUT2D eigenvalue weighted by atomic mass is 16.5. The Morgan fingerprint density at radius 1 is 1.38 bits per heavy atom. The van der Waals surface area contributed by atoms with Crippen LogP contribution in [0.15, 0.2) is 0 Å². The first-order valence-corrected chi connectivity index (χ1v) is 6.61. The normalized spacial score (nSPS) is 30.0. The van der Waals surface area contributed by atoms with Gasteiger partial charge in [0.25, 0.3) is 0 Å². The molecule has 16 heavy (non-hydrogen) atoms. The summed E-state index contributed by atoms with van der Waals surface area (Å²) < 4.78 is 17.0. The molecule has 2 unspecified atom stereocenters. The van der Waals surface area contributed by atoms with Crippen molar-refractivity contribution in [3.8, 4) is 0 Å². The molecule has 2 aliphatic heterocycles. The zero-order valence-electron chi connectivity index (χ0n) is 10.5. The molecule has 2 atom stereocenters. The van der Waals surface area contributed by atoms with Crippen LogP contribution >= 0.6 is 0 Å². The molecule has 2 fully saturated rings. The highest BCUT2D eigenvalue weighted by molar-refractivity contribution is 4.91. The van der Waals surface area contributed by atoms with Crippen LogP contribution in [0.2, 0.25) is 0 Å². The van der Waals surface area contributed by atoms with Gasteiger partial charge in [0.15, 0.2) is 0 Å². The summed E-state index contributed by atoms with van der Waals surface area (Å²) in [7, 11) is 0. The Kier molecular flexibility index (Phi) is 4.22. The molecule has 2 aliphatic rings. The third-order valence-corrected chi connectivity index (χ3v) is 4.04. The average Bonchev–Trinajstić information content (AvgIpc) is 2.74. The summed E-state index contributed by atoms with van der Waals surface area (Å²) in [6, 6.07) is 0. The minimum Gasteiger partial charge on any atom is -0.380 e. The Hall–Kier alpha value is -0.120. The van der Waals surface area contributed by atoms with Crippen LogP contribution in [-0.2, 0) is 14.2 Å². The third kappa shape index (κ3) is 2.41. The second kappa shape index (κ2) is 5.48. The fourth-order valence-electron chi connectivity index (χ4n) is 2.71. The van der Waals surface area contributed by atoms with E-state index in [9.17, 15) is 0 Å². The molecule has 2 heterocycles. The summed E-state index contributed by atoms with van der Waals surface area (Å²) in [5.74, 6) is 0. The van der Waals surface area contributed by atoms with Crippen LogP contribution in [0.5, 0.6) is 0 Å². The second-order valence-corrected chi connectivity index (χ2v) is 5.07. The SMILES string of the molecule is CCC(OCC1CCCO1)C1(CC)COC1. The van der Waals surface area contributed by atoms with Crippen LogP contribution in [0.1, 0.15) is 39.5 Å². The molecule has 0 N–H and O–H groups in total. The van der Waals surface area contributed by atoms with Crippen LogP contribution in [-0.4, -0.2) is 38.6 Å². The highest BCUT2D eigenvalue weighted by Gasteiger charge is 2.44. The first kappa shape index (κ1) is 12.3. The van der Waals surface area contributed by atoms with E-state index in [0.717, 1.165) is 45.7 Å². The quantitative estimate of drug-likeness (QED) is 0.698. The van der Waals surface area contributed by atoms with Gasteiger partial charge in [-0.05, 0) is 25.7 Å². The second-order valence-electron chi connectivity index (χ2n) is 5.07. The lowest BCUT2D eigenvalue weighted by Gasteiger charge is -2.46. The lowest BCUT2D eigenvalue weighted by molar-refractivity contribution is -0.196. The average molecular weight is 228 g/mol. The van der Waals surface area contributed by atoms with Gasteiger partial charge in [-0.2, -0.15) is 0 Å². The lowest BCUT2D eigenvalue weighted by Crippen LogP contribution is -2.52. The molecule has 0 saturated carbocycles. The molecule has 0 aromatic carbocycles. The molecule has 0 aromatic rings. The van der Waals surface area contributed by atoms with E-state index in [4.69, 9.17) is 14.2 Å². The molecule has 0 bridgehead atoms. The van der Waals surface area contributed by atoms with Gasteiger partial charge >= 0.3 is 0 Å². The summed E-state index contributed by atoms with van der Waals surface area (Å²) in [6.07, 6.45) is 5.25. The van der Waals surface area contributed by atoms with Crippen LogP contribution in [0, 0.1) is 5.41 Å². The number of ether oxygens (including phenoxy) is 3. The van der Waals surface area contributed by atoms with Crippen molar-refractivity contribution in [2.75, 3.05) is 26.4 Å². The van der Waals surface area contributed by atoms with Gasteiger partial charge in [0, 0.05) is 12.0 Å². The maximum absolute atomic E-state index is 6.07. The van der Waals surface area contributed by atoms with E-state index in [1.54, 1.807) is 0 Å². The largest absolute Gasteiger partial charge is 0.380 e. The van der Waals surface area contributed by atoms with Gasteiger partial charge in [-0.25, -0.2) is 0 Å². The summed E-state index contributed by atoms with van der Waals surface area (Å²) in [5, 5.41) is 0. The molecule has 3 heteroatoms. The van der Waals surface area contributed by atoms with Crippen LogP contribution < -0.4 is 0 Å². The van der Waals surface area contributed by atoms with E-state index in [1.807, 2.05) is 0 Å². The number of rotatable bonds is 6. The van der Waals surface area contributed by atoms with Crippen molar-refractivity contribution in [2.45, 2.75) is 51.7 Å². The fourth-order valence-corrected chi connectivity index (χ4v) is 2.71. The van der Waals surface area contributed by atoms with Crippen LogP contribution in [0.3, 0.4) is 0 Å². The maximum atomic E-state index is 6.07. The van der Waals surface area contributed by atoms with Crippen LogP contribution in [0.4, 0.5) is 0 Å². The van der Waals surface area contributed by atoms with E-state index in [-0.39, 0.29) is 5.41 Å². The molecule has 2 saturated heterocycles. The first-order valence-electron chi connectivity index (χ1n) is 6.61. The fraction of sp³-hybridized carbons (Fsp3) is 1.00. The predicted octanol–water partition coefficient (Wildman–Crippen LogP) is 2.39. The van der Waals surface area contributed by atoms with E-state index < -0.39 is 0 Å². The molecule has 0 amide bonds. The summed E-state index contributed by atoms with van der Waals surface area (Å²) in [4.78, 5) is 0. The zero-order valence-corrected chi connectivity index (χ0v) is 10.5. The molecular formula is C13H24O3. The molecular weight excluding hydrogens is 204 g/mol. The Balaban J connectivity index is 1.80. The zero-order chi connectivity index (χ0) is 11.4. The lowest BCUT2D eigenvalue weighted by atomic mass is 9.76. The Bertz CT molecular complexity index is 202. The van der Waals surface area contributed by atoms with Crippen LogP contribution in [0.25, 0.3) is 0 Å². The van der Waals surface area contributed by atoms with E-state index >= 15 is 0 Å². The standard InChI is InChI=1S/C13H24O3/c1-3-12(13(4-2)9-14-10-13)16-8-11-6-5-7-15-11/h11-12H,3-10H2,1-2H3. The monoisotopic (exact) mass is 228 g/mol. The topological polar surface area (TPSA) is 27.7 Å². The van der Waals surface area contributed by atoms with E-state index in [2.05, 4.69) is 13.8 Å². The summed E-state index contributed by atoms with van der Waals surface area (Å²) in [5.41, 5.74) is 0.285. The van der Waals surface area contributed by atoms with Crippen molar-refractivity contribution in [1.82, 2.24) is 0 Å². The number of hydrogen-bond donors (Lipinski definition) is 0. The molecule has 0 aromatic heterocycles. The minimum absolute atomic E-state index is 0.285. The predicted molar refractivity (Wildman–Crippen MR) is 62.5 cm³/mol. The van der Waals surface area contributed by atoms with E-state index in [1.165, 1.54) is 6.42 Å². The Morgan fingerprint density at radius 3 is 2.62 bits per heavy atom. The number of hydrogen-bond acceptors (Lipinski definition) is 3. The van der Waals surface area contributed by atoms with Crippen molar-refractivity contribution in [2.24, 2.45) is 5.41 Å². The molecule has 94 valence electrons. The van der Waals surface area contributed by atoms with Crippen molar-refractivity contribution in [3.63, 3.8) is 0 Å². The van der Waals surface area contributed by atoms with Crippen molar-refractivity contribution in [1.29, 1.82) is 0 Å². The van der Waals surface area contributed by atoms with Gasteiger partial charge in [0.1, 0.15) is 0 Å². The van der Waals surface area contributed by atoms with E-state index in [0.29, 0.717) is 12.2 Å². The molecule has 0 spiro atoms. The van der Waals surface area contributed by atoms with Gasteiger partial charge in [-0.1, -0.05) is 13.8 Å². The molecule has 0 radical (unpaired) electrons. The minimum atomic E-state index is 0.285. The van der Waals surface area contributed by atoms with Gasteiger partial charge in [0.2, 0.25) is 0 Å². The Labute approximate surface area is 98.4 Å². The van der Waals surface area contributed by atoms with Crippen molar-refractivity contribution in [3.05, 3.63) is 0 Å². The first-order chi connectivity index (χ1) is 7.80. The third-order valence-electron chi connectivity index (χ3n) is 4.04.